The van der Waals surface area contributed by atoms with E-state index in [-0.39, 0.29) is 0 Å². The summed E-state index contributed by atoms with van der Waals surface area (Å²) in [5.74, 6) is 3.35. The average molecular weight is 110 g/mol. The molecule has 0 unspecified atom stereocenters. The molecule has 8 heavy (non-hydrogen) atoms. The Morgan fingerprint density at radius 1 is 1.00 bits per heavy atom. The molecule has 46 valence electrons. The van der Waals surface area contributed by atoms with Crippen molar-refractivity contribution in [2.45, 2.75) is 39.5 Å². The normalized spacial score (nSPS) is 26.2. The van der Waals surface area contributed by atoms with Gasteiger partial charge in [-0.2, -0.15) is 0 Å². The van der Waals surface area contributed by atoms with E-state index in [9.17, 15) is 0 Å². The lowest BCUT2D eigenvalue weighted by molar-refractivity contribution is 0.573. The maximum atomic E-state index is 2.27. The molecular weight excluding hydrogens is 96.1 g/mol. The summed E-state index contributed by atoms with van der Waals surface area (Å²) in [6.07, 6.45) is 5.45. The van der Waals surface area contributed by atoms with Crippen molar-refractivity contribution in [3.8, 4) is 0 Å². The molecule has 1 aliphatic rings. The molecule has 0 aliphatic heterocycles. The first-order valence-corrected chi connectivity index (χ1v) is 3.41. The van der Waals surface area contributed by atoms with Gasteiger partial charge < -0.3 is 0 Å². The third kappa shape index (κ3) is 1.50. The first-order valence-electron chi connectivity index (χ1n) is 3.41. The van der Waals surface area contributed by atoms with Crippen molar-refractivity contribution in [2.24, 2.45) is 0 Å². The number of hydrogen-bond donors (Lipinski definition) is 0. The molecule has 0 spiro atoms. The molecule has 1 saturated carbocycles. The monoisotopic (exact) mass is 110 g/mol. The Bertz CT molecular complexity index is 58.4. The summed E-state index contributed by atoms with van der Waals surface area (Å²) in [7, 11) is 0. The molecule has 1 fully saturated rings. The molecule has 0 atom stereocenters. The molecule has 0 amide bonds. The van der Waals surface area contributed by atoms with Crippen LogP contribution in [0.5, 0.6) is 0 Å². The fraction of sp³-hybridized carbons (Fsp3) is 0.750. The zero-order valence-electron chi connectivity index (χ0n) is 5.83. The first kappa shape index (κ1) is 6.12. The van der Waals surface area contributed by atoms with Crippen molar-refractivity contribution in [1.82, 2.24) is 0 Å². The standard InChI is InChI=1S/C8H14/c1-7-4-3-5-8(2)6-7/h3-6H2,1-2H3. The third-order valence-electron chi connectivity index (χ3n) is 1.81. The molecule has 1 aliphatic carbocycles. The van der Waals surface area contributed by atoms with Gasteiger partial charge in [-0.15, -0.1) is 0 Å². The lowest BCUT2D eigenvalue weighted by atomic mass is 9.84. The van der Waals surface area contributed by atoms with Crippen LogP contribution in [0.2, 0.25) is 0 Å². The molecule has 0 saturated heterocycles. The highest BCUT2D eigenvalue weighted by molar-refractivity contribution is 5.02. The van der Waals surface area contributed by atoms with Crippen LogP contribution in [0.1, 0.15) is 39.5 Å². The molecule has 1 rings (SSSR count). The third-order valence-corrected chi connectivity index (χ3v) is 1.81. The van der Waals surface area contributed by atoms with Gasteiger partial charge in [0.25, 0.3) is 0 Å². The minimum absolute atomic E-state index is 1.31. The van der Waals surface area contributed by atoms with Gasteiger partial charge in [-0.05, 0) is 31.1 Å². The van der Waals surface area contributed by atoms with E-state index in [0.29, 0.717) is 0 Å². The molecule has 0 aromatic carbocycles. The second-order valence-electron chi connectivity index (χ2n) is 2.94. The van der Waals surface area contributed by atoms with Gasteiger partial charge in [-0.3, -0.25) is 0 Å². The minimum Gasteiger partial charge on any atom is -0.0591 e. The summed E-state index contributed by atoms with van der Waals surface area (Å²) >= 11 is 0. The van der Waals surface area contributed by atoms with Crippen LogP contribution < -0.4 is 0 Å². The number of hydrogen-bond acceptors (Lipinski definition) is 0. The second kappa shape index (κ2) is 2.52. The molecule has 0 bridgehead atoms. The maximum absolute atomic E-state index is 2.27. The molecular formula is C8H14. The smallest absolute Gasteiger partial charge is 0.0266 e. The van der Waals surface area contributed by atoms with Gasteiger partial charge in [0.1, 0.15) is 0 Å². The van der Waals surface area contributed by atoms with E-state index in [0.717, 1.165) is 0 Å². The van der Waals surface area contributed by atoms with E-state index in [2.05, 4.69) is 13.8 Å². The van der Waals surface area contributed by atoms with Crippen LogP contribution in [0.3, 0.4) is 0 Å². The summed E-state index contributed by atoms with van der Waals surface area (Å²) in [6, 6.07) is 0. The molecule has 0 aromatic rings. The lowest BCUT2D eigenvalue weighted by Crippen LogP contribution is -2.06. The quantitative estimate of drug-likeness (QED) is 0.450. The van der Waals surface area contributed by atoms with E-state index in [1.165, 1.54) is 25.7 Å². The van der Waals surface area contributed by atoms with Gasteiger partial charge in [0, 0.05) is 0 Å². The number of rotatable bonds is 0. The SMILES string of the molecule is C[C]1CCC[C](C)C1. The molecule has 0 heterocycles. The van der Waals surface area contributed by atoms with Crippen molar-refractivity contribution >= 4 is 0 Å². The summed E-state index contributed by atoms with van der Waals surface area (Å²) in [5.41, 5.74) is 0. The molecule has 0 N–H and O–H groups in total. The summed E-state index contributed by atoms with van der Waals surface area (Å²) in [6.45, 7) is 4.53. The Balaban J connectivity index is 2.23. The van der Waals surface area contributed by atoms with Gasteiger partial charge in [-0.25, -0.2) is 0 Å². The second-order valence-corrected chi connectivity index (χ2v) is 2.94. The summed E-state index contributed by atoms with van der Waals surface area (Å²) < 4.78 is 0. The van der Waals surface area contributed by atoms with Crippen molar-refractivity contribution in [3.05, 3.63) is 11.8 Å². The Labute approximate surface area is 52.3 Å². The van der Waals surface area contributed by atoms with E-state index < -0.39 is 0 Å². The first-order chi connectivity index (χ1) is 3.79. The zero-order valence-corrected chi connectivity index (χ0v) is 5.83. The molecule has 0 aromatic heterocycles. The lowest BCUT2D eigenvalue weighted by Gasteiger charge is -2.21. The molecule has 0 heteroatoms. The van der Waals surface area contributed by atoms with Crippen LogP contribution in [-0.2, 0) is 0 Å². The van der Waals surface area contributed by atoms with Gasteiger partial charge in [0.2, 0.25) is 0 Å². The predicted molar refractivity (Wildman–Crippen MR) is 36.3 cm³/mol. The zero-order chi connectivity index (χ0) is 5.98. The van der Waals surface area contributed by atoms with Crippen LogP contribution in [0.4, 0.5) is 0 Å². The fourth-order valence-corrected chi connectivity index (χ4v) is 1.38. The van der Waals surface area contributed by atoms with Gasteiger partial charge in [0.15, 0.2) is 0 Å². The fourth-order valence-electron chi connectivity index (χ4n) is 1.38. The topological polar surface area (TPSA) is 0 Å². The van der Waals surface area contributed by atoms with E-state index >= 15 is 0 Å². The largest absolute Gasteiger partial charge is 0.0591 e. The predicted octanol–water partition coefficient (Wildman–Crippen LogP) is 2.75. The van der Waals surface area contributed by atoms with E-state index in [1.807, 2.05) is 0 Å². The van der Waals surface area contributed by atoms with Crippen molar-refractivity contribution in [3.63, 3.8) is 0 Å². The Kier molecular flexibility index (Phi) is 1.93. The highest BCUT2D eigenvalue weighted by Crippen LogP contribution is 2.30. The minimum atomic E-state index is 1.31. The van der Waals surface area contributed by atoms with Crippen molar-refractivity contribution in [2.75, 3.05) is 0 Å². The summed E-state index contributed by atoms with van der Waals surface area (Å²) in [4.78, 5) is 0. The summed E-state index contributed by atoms with van der Waals surface area (Å²) in [5, 5.41) is 0. The van der Waals surface area contributed by atoms with Crippen LogP contribution in [0.25, 0.3) is 0 Å². The van der Waals surface area contributed by atoms with Gasteiger partial charge in [0.05, 0.1) is 0 Å². The average Bonchev–Trinajstić information content (AvgIpc) is 1.64. The highest BCUT2D eigenvalue weighted by atomic mass is 14.2. The van der Waals surface area contributed by atoms with Gasteiger partial charge >= 0.3 is 0 Å². The van der Waals surface area contributed by atoms with Gasteiger partial charge in [-0.1, -0.05) is 20.3 Å². The van der Waals surface area contributed by atoms with Crippen LogP contribution in [0, 0.1) is 11.8 Å². The van der Waals surface area contributed by atoms with E-state index in [4.69, 9.17) is 0 Å². The Morgan fingerprint density at radius 2 is 1.50 bits per heavy atom. The van der Waals surface area contributed by atoms with Crippen molar-refractivity contribution < 1.29 is 0 Å². The van der Waals surface area contributed by atoms with Crippen LogP contribution >= 0.6 is 0 Å². The molecule has 0 nitrogen and oxygen atoms in total. The molecule has 2 radical (unpaired) electrons. The highest BCUT2D eigenvalue weighted by Gasteiger charge is 2.14. The Morgan fingerprint density at radius 3 is 1.75 bits per heavy atom. The Hall–Kier alpha value is 0. The van der Waals surface area contributed by atoms with E-state index in [1.54, 1.807) is 11.8 Å². The van der Waals surface area contributed by atoms with Crippen LogP contribution in [0.15, 0.2) is 0 Å². The maximum Gasteiger partial charge on any atom is -0.0266 e. The van der Waals surface area contributed by atoms with Crippen molar-refractivity contribution in [1.29, 1.82) is 0 Å². The van der Waals surface area contributed by atoms with Crippen LogP contribution in [-0.4, -0.2) is 0 Å².